The lowest BCUT2D eigenvalue weighted by Gasteiger charge is -2.10. The summed E-state index contributed by atoms with van der Waals surface area (Å²) in [5.74, 6) is 0.755. The van der Waals surface area contributed by atoms with E-state index in [2.05, 4.69) is 5.32 Å². The number of ether oxygens (including phenoxy) is 1. The van der Waals surface area contributed by atoms with Gasteiger partial charge in [-0.1, -0.05) is 60.7 Å². The first-order valence-corrected chi connectivity index (χ1v) is 11.6. The molecular weight excluding hydrogens is 450 g/mol. The molecule has 36 heavy (non-hydrogen) atoms. The van der Waals surface area contributed by atoms with Crippen molar-refractivity contribution >= 4 is 50.4 Å². The molecule has 0 aliphatic heterocycles. The van der Waals surface area contributed by atoms with Crippen molar-refractivity contribution < 1.29 is 9.53 Å². The SMILES string of the molecule is COc1ccc(Cn2c(N)c(C(=O)Nc3cccc4ccccc34)c3nc4ccccc4nc32)cc1. The van der Waals surface area contributed by atoms with Crippen molar-refractivity contribution in [3.8, 4) is 5.75 Å². The number of benzene rings is 4. The summed E-state index contributed by atoms with van der Waals surface area (Å²) in [6.45, 7) is 0.431. The van der Waals surface area contributed by atoms with Crippen molar-refractivity contribution in [2.75, 3.05) is 18.2 Å². The number of rotatable bonds is 5. The fraction of sp³-hybridized carbons (Fsp3) is 0.0690. The summed E-state index contributed by atoms with van der Waals surface area (Å²) in [6, 6.07) is 29.0. The van der Waals surface area contributed by atoms with Crippen LogP contribution in [0.2, 0.25) is 0 Å². The molecule has 6 rings (SSSR count). The van der Waals surface area contributed by atoms with Crippen LogP contribution in [0.5, 0.6) is 5.75 Å². The minimum absolute atomic E-state index is 0.310. The molecule has 176 valence electrons. The van der Waals surface area contributed by atoms with Crippen LogP contribution in [0.3, 0.4) is 0 Å². The van der Waals surface area contributed by atoms with Crippen LogP contribution in [0, 0.1) is 0 Å². The Hall–Kier alpha value is -4.91. The fourth-order valence-electron chi connectivity index (χ4n) is 4.53. The number of nitrogens with zero attached hydrogens (tertiary/aromatic N) is 3. The van der Waals surface area contributed by atoms with Gasteiger partial charge < -0.3 is 20.4 Å². The molecule has 0 unspecified atom stereocenters. The molecule has 0 spiro atoms. The number of hydrogen-bond acceptors (Lipinski definition) is 5. The molecule has 0 fully saturated rings. The summed E-state index contributed by atoms with van der Waals surface area (Å²) in [5.41, 5.74) is 11.1. The number of fused-ring (bicyclic) bond motifs is 3. The monoisotopic (exact) mass is 473 g/mol. The molecule has 0 saturated carbocycles. The molecule has 0 saturated heterocycles. The number of nitrogen functional groups attached to an aromatic ring is 1. The van der Waals surface area contributed by atoms with E-state index in [1.165, 1.54) is 0 Å². The van der Waals surface area contributed by atoms with E-state index in [0.29, 0.717) is 40.3 Å². The summed E-state index contributed by atoms with van der Waals surface area (Å²) >= 11 is 0. The van der Waals surface area contributed by atoms with E-state index in [9.17, 15) is 4.79 Å². The number of para-hydroxylation sites is 2. The second-order valence-corrected chi connectivity index (χ2v) is 8.56. The largest absolute Gasteiger partial charge is 0.497 e. The number of aromatic nitrogens is 3. The lowest BCUT2D eigenvalue weighted by molar-refractivity contribution is 0.102. The third-order valence-electron chi connectivity index (χ3n) is 6.36. The van der Waals surface area contributed by atoms with Crippen molar-refractivity contribution in [3.05, 3.63) is 102 Å². The van der Waals surface area contributed by atoms with E-state index in [4.69, 9.17) is 20.4 Å². The van der Waals surface area contributed by atoms with Gasteiger partial charge in [0.2, 0.25) is 0 Å². The number of nitrogens with two attached hydrogens (primary N) is 1. The van der Waals surface area contributed by atoms with Crippen molar-refractivity contribution in [1.82, 2.24) is 14.5 Å². The van der Waals surface area contributed by atoms with Gasteiger partial charge in [0.15, 0.2) is 5.65 Å². The predicted octanol–water partition coefficient (Wildman–Crippen LogP) is 5.63. The van der Waals surface area contributed by atoms with Crippen LogP contribution >= 0.6 is 0 Å². The second-order valence-electron chi connectivity index (χ2n) is 8.56. The van der Waals surface area contributed by atoms with Crippen LogP contribution in [0.4, 0.5) is 11.5 Å². The quantitative estimate of drug-likeness (QED) is 0.338. The van der Waals surface area contributed by atoms with Crippen molar-refractivity contribution in [2.45, 2.75) is 6.54 Å². The van der Waals surface area contributed by atoms with E-state index in [1.807, 2.05) is 95.6 Å². The Morgan fingerprint density at radius 2 is 1.58 bits per heavy atom. The molecule has 0 atom stereocenters. The number of carbonyl (C=O) groups is 1. The second kappa shape index (κ2) is 8.70. The van der Waals surface area contributed by atoms with Gasteiger partial charge in [0, 0.05) is 11.1 Å². The highest BCUT2D eigenvalue weighted by Gasteiger charge is 2.24. The van der Waals surface area contributed by atoms with Crippen molar-refractivity contribution in [1.29, 1.82) is 0 Å². The van der Waals surface area contributed by atoms with E-state index in [-0.39, 0.29) is 5.91 Å². The normalized spacial score (nSPS) is 11.2. The van der Waals surface area contributed by atoms with Crippen LogP contribution in [-0.4, -0.2) is 27.6 Å². The maximum atomic E-state index is 13.7. The van der Waals surface area contributed by atoms with Gasteiger partial charge in [-0.05, 0) is 41.3 Å². The first-order valence-electron chi connectivity index (χ1n) is 11.6. The topological polar surface area (TPSA) is 95.1 Å². The maximum absolute atomic E-state index is 13.7. The zero-order valence-electron chi connectivity index (χ0n) is 19.6. The molecule has 0 bridgehead atoms. The highest BCUT2D eigenvalue weighted by atomic mass is 16.5. The average Bonchev–Trinajstić information content (AvgIpc) is 3.18. The first kappa shape index (κ1) is 21.6. The van der Waals surface area contributed by atoms with Gasteiger partial charge in [0.25, 0.3) is 5.91 Å². The van der Waals surface area contributed by atoms with Crippen molar-refractivity contribution in [2.24, 2.45) is 0 Å². The molecule has 0 aliphatic carbocycles. The highest BCUT2D eigenvalue weighted by molar-refractivity contribution is 6.17. The molecule has 4 aromatic carbocycles. The number of carbonyl (C=O) groups excluding carboxylic acids is 1. The van der Waals surface area contributed by atoms with Crippen LogP contribution < -0.4 is 15.8 Å². The smallest absolute Gasteiger partial charge is 0.261 e. The number of hydrogen-bond donors (Lipinski definition) is 2. The molecule has 2 heterocycles. The molecule has 1 amide bonds. The molecular formula is C29H23N5O2. The van der Waals surface area contributed by atoms with Crippen LogP contribution in [-0.2, 0) is 6.54 Å². The Balaban J connectivity index is 1.49. The van der Waals surface area contributed by atoms with Crippen molar-refractivity contribution in [3.63, 3.8) is 0 Å². The molecule has 3 N–H and O–H groups in total. The summed E-state index contributed by atoms with van der Waals surface area (Å²) in [4.78, 5) is 23.3. The molecule has 0 aliphatic rings. The maximum Gasteiger partial charge on any atom is 0.261 e. The summed E-state index contributed by atoms with van der Waals surface area (Å²) in [6.07, 6.45) is 0. The van der Waals surface area contributed by atoms with Gasteiger partial charge in [-0.2, -0.15) is 0 Å². The zero-order chi connectivity index (χ0) is 24.6. The van der Waals surface area contributed by atoms with E-state index in [0.717, 1.165) is 27.6 Å². The Morgan fingerprint density at radius 1 is 0.889 bits per heavy atom. The van der Waals surface area contributed by atoms with Gasteiger partial charge in [-0.3, -0.25) is 4.79 Å². The van der Waals surface area contributed by atoms with Gasteiger partial charge >= 0.3 is 0 Å². The number of nitrogens with one attached hydrogen (secondary N) is 1. The number of methoxy groups -OCH3 is 1. The lowest BCUT2D eigenvalue weighted by Crippen LogP contribution is -2.15. The van der Waals surface area contributed by atoms with Gasteiger partial charge in [0.1, 0.15) is 22.6 Å². The Kier molecular flexibility index (Phi) is 5.22. The predicted molar refractivity (Wildman–Crippen MR) is 143 cm³/mol. The molecule has 7 heteroatoms. The molecule has 0 radical (unpaired) electrons. The van der Waals surface area contributed by atoms with E-state index in [1.54, 1.807) is 7.11 Å². The Labute approximate surface area is 207 Å². The Bertz CT molecular complexity index is 1750. The summed E-state index contributed by atoms with van der Waals surface area (Å²) in [7, 11) is 1.63. The third kappa shape index (κ3) is 3.67. The van der Waals surface area contributed by atoms with Gasteiger partial charge in [-0.15, -0.1) is 0 Å². The third-order valence-corrected chi connectivity index (χ3v) is 6.36. The highest BCUT2D eigenvalue weighted by Crippen LogP contribution is 2.31. The van der Waals surface area contributed by atoms with Crippen LogP contribution in [0.25, 0.3) is 33.0 Å². The number of anilines is 2. The molecule has 6 aromatic rings. The minimum atomic E-state index is -0.327. The fourth-order valence-corrected chi connectivity index (χ4v) is 4.53. The minimum Gasteiger partial charge on any atom is -0.497 e. The number of amides is 1. The first-order chi connectivity index (χ1) is 17.6. The van der Waals surface area contributed by atoms with Crippen LogP contribution in [0.1, 0.15) is 15.9 Å². The molecule has 7 nitrogen and oxygen atoms in total. The van der Waals surface area contributed by atoms with Crippen LogP contribution in [0.15, 0.2) is 91.0 Å². The van der Waals surface area contributed by atoms with E-state index < -0.39 is 0 Å². The molecule has 2 aromatic heterocycles. The lowest BCUT2D eigenvalue weighted by atomic mass is 10.1. The van der Waals surface area contributed by atoms with Gasteiger partial charge in [0.05, 0.1) is 24.7 Å². The Morgan fingerprint density at radius 3 is 2.36 bits per heavy atom. The van der Waals surface area contributed by atoms with Gasteiger partial charge in [-0.25, -0.2) is 9.97 Å². The summed E-state index contributed by atoms with van der Waals surface area (Å²) in [5, 5.41) is 5.05. The zero-order valence-corrected chi connectivity index (χ0v) is 19.6. The average molecular weight is 474 g/mol. The van der Waals surface area contributed by atoms with E-state index >= 15 is 0 Å². The summed E-state index contributed by atoms with van der Waals surface area (Å²) < 4.78 is 7.12. The standard InChI is InChI=1S/C29H23N5O2/c1-36-20-15-13-18(14-16-20)17-34-27(30)25(26-28(34)32-24-11-5-4-10-23(24)31-26)29(35)33-22-12-6-8-19-7-2-3-9-21(19)22/h2-16H,17,30H2,1H3,(H,33,35).